The summed E-state index contributed by atoms with van der Waals surface area (Å²) < 4.78 is 1.68. The topological polar surface area (TPSA) is 57.7 Å². The van der Waals surface area contributed by atoms with Crippen LogP contribution in [-0.2, 0) is 6.42 Å². The molecule has 5 heteroatoms. The van der Waals surface area contributed by atoms with Crippen molar-refractivity contribution in [2.75, 3.05) is 19.0 Å². The third-order valence-electron chi connectivity index (χ3n) is 2.33. The van der Waals surface area contributed by atoms with E-state index in [9.17, 15) is 0 Å². The second-order valence-corrected chi connectivity index (χ2v) is 3.88. The molecule has 0 spiro atoms. The van der Waals surface area contributed by atoms with Crippen LogP contribution in [0.25, 0.3) is 5.82 Å². The highest BCUT2D eigenvalue weighted by molar-refractivity contribution is 5.41. The molecule has 0 atom stereocenters. The van der Waals surface area contributed by atoms with Crippen LogP contribution in [0.4, 0.5) is 5.82 Å². The van der Waals surface area contributed by atoms with Gasteiger partial charge in [0.1, 0.15) is 5.82 Å². The Morgan fingerprint density at radius 3 is 2.94 bits per heavy atom. The van der Waals surface area contributed by atoms with Gasteiger partial charge < -0.3 is 4.90 Å². The van der Waals surface area contributed by atoms with Gasteiger partial charge in [0.15, 0.2) is 5.82 Å². The molecule has 0 saturated heterocycles. The molecular weight excluding hydrogens is 214 g/mol. The van der Waals surface area contributed by atoms with E-state index < -0.39 is 0 Å². The first-order chi connectivity index (χ1) is 8.20. The minimum absolute atomic E-state index is 0.368. The van der Waals surface area contributed by atoms with E-state index in [0.29, 0.717) is 6.42 Å². The van der Waals surface area contributed by atoms with Gasteiger partial charge in [-0.1, -0.05) is 6.07 Å². The van der Waals surface area contributed by atoms with Crippen LogP contribution in [0.5, 0.6) is 0 Å². The van der Waals surface area contributed by atoms with Crippen molar-refractivity contribution >= 4 is 5.82 Å². The number of hydrogen-bond donors (Lipinski definition) is 0. The van der Waals surface area contributed by atoms with Crippen LogP contribution in [0.15, 0.2) is 30.6 Å². The van der Waals surface area contributed by atoms with Crippen LogP contribution in [0.3, 0.4) is 0 Å². The van der Waals surface area contributed by atoms with Crippen LogP contribution < -0.4 is 4.90 Å². The summed E-state index contributed by atoms with van der Waals surface area (Å²) in [4.78, 5) is 6.39. The third-order valence-corrected chi connectivity index (χ3v) is 2.33. The van der Waals surface area contributed by atoms with Crippen LogP contribution in [0, 0.1) is 11.3 Å². The highest BCUT2D eigenvalue weighted by Gasteiger charge is 2.03. The Balaban J connectivity index is 2.32. The van der Waals surface area contributed by atoms with Crippen molar-refractivity contribution < 1.29 is 0 Å². The van der Waals surface area contributed by atoms with Crippen LogP contribution in [0.1, 0.15) is 5.56 Å². The lowest BCUT2D eigenvalue weighted by molar-refractivity contribution is 0.842. The minimum Gasteiger partial charge on any atom is -0.363 e. The van der Waals surface area contributed by atoms with Crippen LogP contribution in [-0.4, -0.2) is 28.9 Å². The maximum atomic E-state index is 8.61. The Labute approximate surface area is 99.9 Å². The Hall–Kier alpha value is -2.35. The van der Waals surface area contributed by atoms with Gasteiger partial charge in [0, 0.05) is 25.9 Å². The van der Waals surface area contributed by atoms with Gasteiger partial charge in [0.2, 0.25) is 0 Å². The van der Waals surface area contributed by atoms with Gasteiger partial charge >= 0.3 is 0 Å². The number of nitriles is 1. The highest BCUT2D eigenvalue weighted by atomic mass is 15.3. The molecule has 0 aliphatic carbocycles. The van der Waals surface area contributed by atoms with Crippen molar-refractivity contribution in [2.45, 2.75) is 6.42 Å². The lowest BCUT2D eigenvalue weighted by Crippen LogP contribution is -2.11. The molecule has 0 unspecified atom stereocenters. The van der Waals surface area contributed by atoms with Gasteiger partial charge in [-0.05, 0) is 12.1 Å². The molecule has 86 valence electrons. The molecule has 0 radical (unpaired) electrons. The Kier molecular flexibility index (Phi) is 3.06. The Morgan fingerprint density at radius 2 is 2.24 bits per heavy atom. The monoisotopic (exact) mass is 227 g/mol. The lowest BCUT2D eigenvalue weighted by atomic mass is 10.3. The molecule has 0 fully saturated rings. The van der Waals surface area contributed by atoms with Gasteiger partial charge in [0.05, 0.1) is 18.7 Å². The molecule has 2 heterocycles. The zero-order valence-electron chi connectivity index (χ0n) is 9.83. The number of nitrogens with zero attached hydrogens (tertiary/aromatic N) is 5. The summed E-state index contributed by atoms with van der Waals surface area (Å²) in [5, 5.41) is 12.8. The van der Waals surface area contributed by atoms with E-state index in [-0.39, 0.29) is 0 Å². The maximum Gasteiger partial charge on any atom is 0.155 e. The number of hydrogen-bond acceptors (Lipinski definition) is 4. The summed E-state index contributed by atoms with van der Waals surface area (Å²) in [6.07, 6.45) is 3.88. The average Bonchev–Trinajstić information content (AvgIpc) is 2.78. The van der Waals surface area contributed by atoms with E-state index >= 15 is 0 Å². The highest BCUT2D eigenvalue weighted by Crippen LogP contribution is 2.11. The average molecular weight is 227 g/mol. The van der Waals surface area contributed by atoms with Crippen LogP contribution in [0.2, 0.25) is 0 Å². The number of pyridine rings is 1. The Morgan fingerprint density at radius 1 is 1.41 bits per heavy atom. The molecule has 0 aromatic carbocycles. The lowest BCUT2D eigenvalue weighted by Gasteiger charge is -2.11. The molecule has 2 aromatic heterocycles. The van der Waals surface area contributed by atoms with Gasteiger partial charge in [-0.15, -0.1) is 0 Å². The van der Waals surface area contributed by atoms with Gasteiger partial charge in [-0.2, -0.15) is 10.4 Å². The SMILES string of the molecule is CN(C)c1cccc(-n2cc(CC#N)cn2)n1. The van der Waals surface area contributed by atoms with Crippen LogP contribution >= 0.6 is 0 Å². The number of anilines is 1. The van der Waals surface area contributed by atoms with E-state index in [2.05, 4.69) is 16.2 Å². The molecule has 5 nitrogen and oxygen atoms in total. The fourth-order valence-electron chi connectivity index (χ4n) is 1.46. The molecule has 0 amide bonds. The summed E-state index contributed by atoms with van der Waals surface area (Å²) in [5.74, 6) is 1.63. The number of aromatic nitrogens is 3. The van der Waals surface area contributed by atoms with E-state index in [0.717, 1.165) is 17.2 Å². The molecule has 0 bridgehead atoms. The molecule has 0 saturated carbocycles. The fourth-order valence-corrected chi connectivity index (χ4v) is 1.46. The first-order valence-electron chi connectivity index (χ1n) is 5.26. The van der Waals surface area contributed by atoms with E-state index in [1.807, 2.05) is 43.4 Å². The number of rotatable bonds is 3. The Bertz CT molecular complexity index is 550. The largest absolute Gasteiger partial charge is 0.363 e. The molecule has 0 aliphatic heterocycles. The smallest absolute Gasteiger partial charge is 0.155 e. The van der Waals surface area contributed by atoms with E-state index in [1.54, 1.807) is 10.9 Å². The van der Waals surface area contributed by atoms with Crippen molar-refractivity contribution in [3.05, 3.63) is 36.2 Å². The first-order valence-corrected chi connectivity index (χ1v) is 5.26. The zero-order valence-corrected chi connectivity index (χ0v) is 9.83. The van der Waals surface area contributed by atoms with Crippen molar-refractivity contribution in [1.82, 2.24) is 14.8 Å². The van der Waals surface area contributed by atoms with Gasteiger partial charge in [-0.25, -0.2) is 9.67 Å². The fraction of sp³-hybridized carbons (Fsp3) is 0.250. The predicted molar refractivity (Wildman–Crippen MR) is 65.0 cm³/mol. The standard InChI is InChI=1S/C12H13N5/c1-16(2)11-4-3-5-12(15-11)17-9-10(6-7-13)8-14-17/h3-5,8-9H,6H2,1-2H3. The zero-order chi connectivity index (χ0) is 12.3. The summed E-state index contributed by atoms with van der Waals surface area (Å²) in [5.41, 5.74) is 0.893. The first kappa shape index (κ1) is 11.1. The molecule has 2 rings (SSSR count). The molecule has 2 aromatic rings. The normalized spacial score (nSPS) is 9.94. The molecule has 0 aliphatic rings. The second-order valence-electron chi connectivity index (χ2n) is 3.88. The summed E-state index contributed by atoms with van der Waals surface area (Å²) in [6.45, 7) is 0. The quantitative estimate of drug-likeness (QED) is 0.795. The van der Waals surface area contributed by atoms with Crippen molar-refractivity contribution in [2.24, 2.45) is 0 Å². The van der Waals surface area contributed by atoms with Crippen molar-refractivity contribution in [1.29, 1.82) is 5.26 Å². The molecule has 0 N–H and O–H groups in total. The van der Waals surface area contributed by atoms with E-state index in [4.69, 9.17) is 5.26 Å². The second kappa shape index (κ2) is 4.66. The summed E-state index contributed by atoms with van der Waals surface area (Å²) in [7, 11) is 3.88. The maximum absolute atomic E-state index is 8.61. The van der Waals surface area contributed by atoms with Crippen molar-refractivity contribution in [3.63, 3.8) is 0 Å². The molecule has 17 heavy (non-hydrogen) atoms. The van der Waals surface area contributed by atoms with Crippen molar-refractivity contribution in [3.8, 4) is 11.9 Å². The van der Waals surface area contributed by atoms with Gasteiger partial charge in [0.25, 0.3) is 0 Å². The summed E-state index contributed by atoms with van der Waals surface area (Å²) in [6, 6.07) is 7.85. The van der Waals surface area contributed by atoms with E-state index in [1.165, 1.54) is 0 Å². The predicted octanol–water partition coefficient (Wildman–Crippen LogP) is 1.40. The molecular formula is C12H13N5. The third kappa shape index (κ3) is 2.42. The minimum atomic E-state index is 0.368. The van der Waals surface area contributed by atoms with Gasteiger partial charge in [-0.3, -0.25) is 0 Å². The summed E-state index contributed by atoms with van der Waals surface area (Å²) >= 11 is 0.